The minimum absolute atomic E-state index is 0.107. The molecule has 0 atom stereocenters. The lowest BCUT2D eigenvalue weighted by molar-refractivity contribution is 0.0592. The van der Waals surface area contributed by atoms with E-state index in [0.29, 0.717) is 21.2 Å². The van der Waals surface area contributed by atoms with Gasteiger partial charge in [0, 0.05) is 16.9 Å². The van der Waals surface area contributed by atoms with Gasteiger partial charge in [0.05, 0.1) is 23.1 Å². The topological polar surface area (TPSA) is 91.2 Å². The number of hydrogen-bond acceptors (Lipinski definition) is 6. The van der Waals surface area contributed by atoms with Gasteiger partial charge >= 0.3 is 5.97 Å². The zero-order chi connectivity index (χ0) is 17.5. The number of sulfone groups is 1. The van der Waals surface area contributed by atoms with Gasteiger partial charge in [-0.1, -0.05) is 15.9 Å². The molecule has 7 nitrogen and oxygen atoms in total. The van der Waals surface area contributed by atoms with E-state index in [2.05, 4.69) is 26.0 Å². The van der Waals surface area contributed by atoms with E-state index >= 15 is 0 Å². The molecule has 0 spiro atoms. The number of carbonyl (C=O) groups excluding carboxylic acids is 1. The molecule has 9 heteroatoms. The highest BCUT2D eigenvalue weighted by molar-refractivity contribution is 9.10. The van der Waals surface area contributed by atoms with Crippen molar-refractivity contribution in [1.82, 2.24) is 14.8 Å². The first-order valence-electron chi connectivity index (χ1n) is 6.74. The zero-order valence-corrected chi connectivity index (χ0v) is 15.1. The number of benzene rings is 1. The number of ether oxygens (including phenoxy) is 1. The number of halogens is 1. The standard InChI is InChI=1S/C15H12BrN3O4S/c1-23-15(20)13-12-4-3-5-17-14(12)18-19(13)10-6-9(16)7-11(8-10)24(2,21)22/h3-8H,1-2H3. The number of carbonyl (C=O) groups is 1. The van der Waals surface area contributed by atoms with E-state index in [0.717, 1.165) is 6.26 Å². The molecule has 3 aromatic rings. The van der Waals surface area contributed by atoms with E-state index in [-0.39, 0.29) is 10.6 Å². The summed E-state index contributed by atoms with van der Waals surface area (Å²) >= 11 is 3.29. The number of rotatable bonds is 3. The van der Waals surface area contributed by atoms with E-state index in [1.165, 1.54) is 23.9 Å². The molecule has 0 aliphatic heterocycles. The van der Waals surface area contributed by atoms with Crippen molar-refractivity contribution in [3.8, 4) is 5.69 Å². The van der Waals surface area contributed by atoms with Gasteiger partial charge in [0.1, 0.15) is 0 Å². The summed E-state index contributed by atoms with van der Waals surface area (Å²) in [5.74, 6) is -0.591. The molecule has 3 rings (SSSR count). The summed E-state index contributed by atoms with van der Waals surface area (Å²) in [5.41, 5.74) is 0.945. The third-order valence-electron chi connectivity index (χ3n) is 3.36. The highest BCUT2D eigenvalue weighted by Crippen LogP contribution is 2.26. The normalized spacial score (nSPS) is 11.6. The first-order chi connectivity index (χ1) is 11.3. The van der Waals surface area contributed by atoms with E-state index in [4.69, 9.17) is 4.74 Å². The number of methoxy groups -OCH3 is 1. The maximum Gasteiger partial charge on any atom is 0.357 e. The van der Waals surface area contributed by atoms with Gasteiger partial charge in [0.25, 0.3) is 0 Å². The van der Waals surface area contributed by atoms with Crippen LogP contribution >= 0.6 is 15.9 Å². The fraction of sp³-hybridized carbons (Fsp3) is 0.133. The van der Waals surface area contributed by atoms with Crippen LogP contribution in [0.4, 0.5) is 0 Å². The van der Waals surface area contributed by atoms with Crippen molar-refractivity contribution < 1.29 is 17.9 Å². The first kappa shape index (κ1) is 16.6. The van der Waals surface area contributed by atoms with Crippen molar-refractivity contribution >= 4 is 42.8 Å². The highest BCUT2D eigenvalue weighted by atomic mass is 79.9. The van der Waals surface area contributed by atoms with Crippen LogP contribution in [0.5, 0.6) is 0 Å². The average Bonchev–Trinajstić information content (AvgIpc) is 2.92. The molecule has 2 aromatic heterocycles. The van der Waals surface area contributed by atoms with Crippen LogP contribution < -0.4 is 0 Å². The third kappa shape index (κ3) is 2.92. The van der Waals surface area contributed by atoms with Gasteiger partial charge in [-0.2, -0.15) is 0 Å². The van der Waals surface area contributed by atoms with Gasteiger partial charge in [-0.05, 0) is 30.3 Å². The maximum atomic E-state index is 12.2. The Hall–Kier alpha value is -2.26. The van der Waals surface area contributed by atoms with Crippen molar-refractivity contribution in [2.24, 2.45) is 0 Å². The predicted molar refractivity (Wildman–Crippen MR) is 91.0 cm³/mol. The van der Waals surface area contributed by atoms with Gasteiger partial charge in [-0.3, -0.25) is 0 Å². The molecule has 0 aliphatic rings. The van der Waals surface area contributed by atoms with Crippen LogP contribution in [0.1, 0.15) is 10.5 Å². The van der Waals surface area contributed by atoms with Crippen molar-refractivity contribution in [1.29, 1.82) is 0 Å². The molecule has 0 saturated heterocycles. The summed E-state index contributed by atoms with van der Waals surface area (Å²) < 4.78 is 30.4. The first-order valence-corrected chi connectivity index (χ1v) is 9.43. The van der Waals surface area contributed by atoms with Crippen LogP contribution in [0, 0.1) is 0 Å². The van der Waals surface area contributed by atoms with Crippen LogP contribution in [0.15, 0.2) is 45.9 Å². The number of esters is 1. The quantitative estimate of drug-likeness (QED) is 0.616. The Bertz CT molecular complexity index is 1060. The molecule has 124 valence electrons. The van der Waals surface area contributed by atoms with Crippen molar-refractivity contribution in [2.75, 3.05) is 13.4 Å². The van der Waals surface area contributed by atoms with Gasteiger partial charge in [0.15, 0.2) is 21.2 Å². The number of nitrogens with zero attached hydrogens (tertiary/aromatic N) is 3. The van der Waals surface area contributed by atoms with E-state index in [1.807, 2.05) is 0 Å². The van der Waals surface area contributed by atoms with Gasteiger partial charge < -0.3 is 4.74 Å². The molecule has 1 aromatic carbocycles. The molecule has 0 N–H and O–H groups in total. The summed E-state index contributed by atoms with van der Waals surface area (Å²) in [5, 5.41) is 4.82. The van der Waals surface area contributed by atoms with Crippen molar-refractivity contribution in [3.63, 3.8) is 0 Å². The largest absolute Gasteiger partial charge is 0.464 e. The summed E-state index contributed by atoms with van der Waals surface area (Å²) in [6, 6.07) is 7.97. The number of fused-ring (bicyclic) bond motifs is 1. The molecule has 0 radical (unpaired) electrons. The minimum Gasteiger partial charge on any atom is -0.464 e. The van der Waals surface area contributed by atoms with Crippen LogP contribution in [-0.4, -0.2) is 42.5 Å². The summed E-state index contributed by atoms with van der Waals surface area (Å²) in [7, 11) is -2.16. The highest BCUT2D eigenvalue weighted by Gasteiger charge is 2.22. The summed E-state index contributed by atoms with van der Waals surface area (Å²) in [6.45, 7) is 0. The van der Waals surface area contributed by atoms with Crippen LogP contribution in [0.3, 0.4) is 0 Å². The second-order valence-corrected chi connectivity index (χ2v) is 7.98. The molecule has 0 aliphatic carbocycles. The maximum absolute atomic E-state index is 12.2. The summed E-state index contributed by atoms with van der Waals surface area (Å²) in [6.07, 6.45) is 2.67. The molecule has 0 unspecified atom stereocenters. The Labute approximate surface area is 146 Å². The van der Waals surface area contributed by atoms with Gasteiger partial charge in [-0.25, -0.2) is 22.9 Å². The van der Waals surface area contributed by atoms with Gasteiger partial charge in [0.2, 0.25) is 0 Å². The lowest BCUT2D eigenvalue weighted by atomic mass is 10.2. The Balaban J connectivity index is 2.34. The summed E-state index contributed by atoms with van der Waals surface area (Å²) in [4.78, 5) is 16.4. The Kier molecular flexibility index (Phi) is 4.14. The second-order valence-electron chi connectivity index (χ2n) is 5.04. The smallest absolute Gasteiger partial charge is 0.357 e. The molecule has 0 fully saturated rings. The third-order valence-corrected chi connectivity index (χ3v) is 4.91. The number of pyridine rings is 1. The van der Waals surface area contributed by atoms with Gasteiger partial charge in [-0.15, -0.1) is 5.10 Å². The van der Waals surface area contributed by atoms with E-state index in [1.54, 1.807) is 24.4 Å². The number of aromatic nitrogens is 3. The molecule has 0 amide bonds. The molecule has 2 heterocycles. The molecule has 0 bridgehead atoms. The second kappa shape index (κ2) is 5.99. The monoisotopic (exact) mass is 409 g/mol. The fourth-order valence-corrected chi connectivity index (χ4v) is 3.59. The van der Waals surface area contributed by atoms with Crippen LogP contribution in [-0.2, 0) is 14.6 Å². The zero-order valence-electron chi connectivity index (χ0n) is 12.7. The Morgan fingerprint density at radius 2 is 2.04 bits per heavy atom. The molecule has 24 heavy (non-hydrogen) atoms. The van der Waals surface area contributed by atoms with Crippen LogP contribution in [0.2, 0.25) is 0 Å². The lowest BCUT2D eigenvalue weighted by Gasteiger charge is -2.09. The Morgan fingerprint density at radius 1 is 1.29 bits per heavy atom. The van der Waals surface area contributed by atoms with Crippen LogP contribution in [0.25, 0.3) is 16.7 Å². The van der Waals surface area contributed by atoms with Crippen molar-refractivity contribution in [3.05, 3.63) is 46.7 Å². The van der Waals surface area contributed by atoms with E-state index in [9.17, 15) is 13.2 Å². The van der Waals surface area contributed by atoms with Crippen molar-refractivity contribution in [2.45, 2.75) is 4.90 Å². The molecular formula is C15H12BrN3O4S. The SMILES string of the molecule is COC(=O)c1c2cccnc2nn1-c1cc(Br)cc(S(C)(=O)=O)c1. The average molecular weight is 410 g/mol. The molecular weight excluding hydrogens is 398 g/mol. The molecule has 0 saturated carbocycles. The lowest BCUT2D eigenvalue weighted by Crippen LogP contribution is -2.11. The fourth-order valence-electron chi connectivity index (χ4n) is 2.28. The predicted octanol–water partition coefficient (Wildman–Crippen LogP) is 2.37. The Morgan fingerprint density at radius 3 is 2.71 bits per heavy atom. The minimum atomic E-state index is -3.43. The van der Waals surface area contributed by atoms with E-state index < -0.39 is 15.8 Å². The number of hydrogen-bond donors (Lipinski definition) is 0.